The lowest BCUT2D eigenvalue weighted by molar-refractivity contribution is -0.137. The maximum atomic E-state index is 12.7. The summed E-state index contributed by atoms with van der Waals surface area (Å²) in [6, 6.07) is 5.99. The van der Waals surface area contributed by atoms with Crippen molar-refractivity contribution in [1.82, 2.24) is 14.7 Å². The summed E-state index contributed by atoms with van der Waals surface area (Å²) >= 11 is 0. The minimum absolute atomic E-state index is 0.157. The number of halogens is 3. The highest BCUT2D eigenvalue weighted by molar-refractivity contribution is 6.00. The van der Waals surface area contributed by atoms with Crippen molar-refractivity contribution in [3.8, 4) is 0 Å². The van der Waals surface area contributed by atoms with Crippen LogP contribution in [0, 0.1) is 0 Å². The quantitative estimate of drug-likeness (QED) is 0.836. The number of hydrogen-bond donors (Lipinski definition) is 1. The molecule has 0 spiro atoms. The molecule has 1 aromatic carbocycles. The zero-order valence-corrected chi connectivity index (χ0v) is 15.0. The van der Waals surface area contributed by atoms with E-state index in [1.807, 2.05) is 0 Å². The fraction of sp³-hybridized carbons (Fsp3) is 0.389. The number of nitrogens with two attached hydrogens (primary N) is 1. The Kier molecular flexibility index (Phi) is 5.68. The highest BCUT2D eigenvalue weighted by Gasteiger charge is 2.32. The largest absolute Gasteiger partial charge is 0.416 e. The zero-order valence-electron chi connectivity index (χ0n) is 15.0. The first-order valence-corrected chi connectivity index (χ1v) is 8.80. The van der Waals surface area contributed by atoms with Gasteiger partial charge in [0, 0.05) is 31.5 Å². The SMILES string of the molecule is NCCCn1ccc(C(=O)N2CCN(c3ccc(C(F)(F)F)cc3)C(=O)C2)n1. The van der Waals surface area contributed by atoms with E-state index in [1.54, 1.807) is 16.9 Å². The van der Waals surface area contributed by atoms with Crippen LogP contribution in [-0.4, -0.2) is 52.7 Å². The lowest BCUT2D eigenvalue weighted by atomic mass is 10.1. The van der Waals surface area contributed by atoms with Gasteiger partial charge in [-0.15, -0.1) is 0 Å². The molecule has 3 rings (SSSR count). The Balaban J connectivity index is 1.64. The molecule has 2 heterocycles. The number of hydrogen-bond acceptors (Lipinski definition) is 4. The van der Waals surface area contributed by atoms with E-state index in [-0.39, 0.29) is 37.1 Å². The Labute approximate surface area is 159 Å². The molecule has 1 aliphatic heterocycles. The molecule has 1 aromatic heterocycles. The number of piperazine rings is 1. The molecular formula is C18H20F3N5O2. The van der Waals surface area contributed by atoms with Gasteiger partial charge in [-0.05, 0) is 43.3 Å². The van der Waals surface area contributed by atoms with Crippen molar-refractivity contribution < 1.29 is 22.8 Å². The number of rotatable bonds is 5. The van der Waals surface area contributed by atoms with Gasteiger partial charge in [0.2, 0.25) is 5.91 Å². The van der Waals surface area contributed by atoms with Crippen molar-refractivity contribution in [2.24, 2.45) is 5.73 Å². The fourth-order valence-electron chi connectivity index (χ4n) is 2.97. The van der Waals surface area contributed by atoms with Crippen LogP contribution in [0.25, 0.3) is 0 Å². The molecule has 150 valence electrons. The maximum Gasteiger partial charge on any atom is 0.416 e. The summed E-state index contributed by atoms with van der Waals surface area (Å²) in [4.78, 5) is 27.8. The highest BCUT2D eigenvalue weighted by atomic mass is 19.4. The number of aryl methyl sites for hydroxylation is 1. The van der Waals surface area contributed by atoms with Gasteiger partial charge in [-0.25, -0.2) is 0 Å². The Morgan fingerprint density at radius 1 is 1.14 bits per heavy atom. The van der Waals surface area contributed by atoms with E-state index in [0.717, 1.165) is 18.6 Å². The number of benzene rings is 1. The van der Waals surface area contributed by atoms with Crippen LogP contribution in [0.3, 0.4) is 0 Å². The third-order valence-corrected chi connectivity index (χ3v) is 4.47. The van der Waals surface area contributed by atoms with Gasteiger partial charge in [-0.3, -0.25) is 14.3 Å². The number of carbonyl (C=O) groups is 2. The summed E-state index contributed by atoms with van der Waals surface area (Å²) < 4.78 is 39.6. The van der Waals surface area contributed by atoms with Crippen molar-refractivity contribution in [3.05, 3.63) is 47.8 Å². The van der Waals surface area contributed by atoms with Gasteiger partial charge >= 0.3 is 6.18 Å². The predicted molar refractivity (Wildman–Crippen MR) is 95.6 cm³/mol. The molecule has 28 heavy (non-hydrogen) atoms. The van der Waals surface area contributed by atoms with Crippen LogP contribution in [0.2, 0.25) is 0 Å². The summed E-state index contributed by atoms with van der Waals surface area (Å²) in [5.41, 5.74) is 5.29. The van der Waals surface area contributed by atoms with E-state index in [0.29, 0.717) is 18.8 Å². The van der Waals surface area contributed by atoms with Gasteiger partial charge < -0.3 is 15.5 Å². The van der Waals surface area contributed by atoms with Crippen LogP contribution in [-0.2, 0) is 17.5 Å². The van der Waals surface area contributed by atoms with Gasteiger partial charge in [-0.1, -0.05) is 0 Å². The Morgan fingerprint density at radius 3 is 2.46 bits per heavy atom. The second kappa shape index (κ2) is 8.01. The number of amides is 2. The van der Waals surface area contributed by atoms with Crippen LogP contribution in [0.4, 0.5) is 18.9 Å². The number of carbonyl (C=O) groups excluding carboxylic acids is 2. The van der Waals surface area contributed by atoms with Gasteiger partial charge in [-0.2, -0.15) is 18.3 Å². The second-order valence-electron chi connectivity index (χ2n) is 6.42. The van der Waals surface area contributed by atoms with Gasteiger partial charge in [0.25, 0.3) is 5.91 Å². The maximum absolute atomic E-state index is 12.7. The van der Waals surface area contributed by atoms with Gasteiger partial charge in [0.15, 0.2) is 0 Å². The van der Waals surface area contributed by atoms with E-state index in [2.05, 4.69) is 5.10 Å². The lowest BCUT2D eigenvalue weighted by Gasteiger charge is -2.34. The van der Waals surface area contributed by atoms with Crippen LogP contribution < -0.4 is 10.6 Å². The van der Waals surface area contributed by atoms with Crippen LogP contribution >= 0.6 is 0 Å². The molecular weight excluding hydrogens is 375 g/mol. The monoisotopic (exact) mass is 395 g/mol. The van der Waals surface area contributed by atoms with E-state index in [1.165, 1.54) is 21.9 Å². The van der Waals surface area contributed by atoms with Crippen molar-refractivity contribution in [3.63, 3.8) is 0 Å². The fourth-order valence-corrected chi connectivity index (χ4v) is 2.97. The van der Waals surface area contributed by atoms with Crippen molar-refractivity contribution in [1.29, 1.82) is 0 Å². The minimum Gasteiger partial charge on any atom is -0.330 e. The van der Waals surface area contributed by atoms with Crippen LogP contribution in [0.5, 0.6) is 0 Å². The summed E-state index contributed by atoms with van der Waals surface area (Å²) in [6.45, 7) is 1.43. The van der Waals surface area contributed by atoms with Gasteiger partial charge in [0.05, 0.1) is 5.56 Å². The molecule has 2 amide bonds. The van der Waals surface area contributed by atoms with Crippen molar-refractivity contribution in [2.75, 3.05) is 31.1 Å². The molecule has 0 bridgehead atoms. The summed E-state index contributed by atoms with van der Waals surface area (Å²) in [5, 5.41) is 4.20. The number of alkyl halides is 3. The van der Waals surface area contributed by atoms with E-state index < -0.39 is 11.7 Å². The molecule has 10 heteroatoms. The van der Waals surface area contributed by atoms with Gasteiger partial charge in [0.1, 0.15) is 12.2 Å². The third-order valence-electron chi connectivity index (χ3n) is 4.47. The van der Waals surface area contributed by atoms with Crippen LogP contribution in [0.1, 0.15) is 22.5 Å². The predicted octanol–water partition coefficient (Wildman–Crippen LogP) is 1.74. The molecule has 1 fully saturated rings. The minimum atomic E-state index is -4.43. The normalized spacial score (nSPS) is 15.2. The summed E-state index contributed by atoms with van der Waals surface area (Å²) in [7, 11) is 0. The van der Waals surface area contributed by atoms with Crippen molar-refractivity contribution >= 4 is 17.5 Å². The molecule has 2 aromatic rings. The lowest BCUT2D eigenvalue weighted by Crippen LogP contribution is -2.52. The van der Waals surface area contributed by atoms with E-state index in [9.17, 15) is 22.8 Å². The molecule has 0 radical (unpaired) electrons. The molecule has 7 nitrogen and oxygen atoms in total. The van der Waals surface area contributed by atoms with E-state index >= 15 is 0 Å². The molecule has 0 unspecified atom stereocenters. The first kappa shape index (κ1) is 19.9. The molecule has 1 aliphatic rings. The van der Waals surface area contributed by atoms with E-state index in [4.69, 9.17) is 5.73 Å². The zero-order chi connectivity index (χ0) is 20.3. The molecule has 0 atom stereocenters. The molecule has 0 saturated carbocycles. The third kappa shape index (κ3) is 4.33. The number of anilines is 1. The smallest absolute Gasteiger partial charge is 0.330 e. The number of aromatic nitrogens is 2. The Bertz CT molecular complexity index is 848. The topological polar surface area (TPSA) is 84.5 Å². The molecule has 0 aliphatic carbocycles. The molecule has 1 saturated heterocycles. The average molecular weight is 395 g/mol. The summed E-state index contributed by atoms with van der Waals surface area (Å²) in [5.74, 6) is -0.714. The molecule has 2 N–H and O–H groups in total. The average Bonchev–Trinajstić information content (AvgIpc) is 3.14. The number of nitrogens with zero attached hydrogens (tertiary/aromatic N) is 4. The Hall–Kier alpha value is -2.88. The first-order chi connectivity index (χ1) is 13.3. The van der Waals surface area contributed by atoms with Crippen molar-refractivity contribution in [2.45, 2.75) is 19.1 Å². The standard InChI is InChI=1S/C18H20F3N5O2/c19-18(20,21)13-2-4-14(5-3-13)26-11-10-24(12-16(26)27)17(28)15-6-9-25(23-15)8-1-7-22/h2-6,9H,1,7-8,10-12,22H2. The van der Waals surface area contributed by atoms with Crippen LogP contribution in [0.15, 0.2) is 36.5 Å². The first-order valence-electron chi connectivity index (χ1n) is 8.80. The second-order valence-corrected chi connectivity index (χ2v) is 6.42. The highest BCUT2D eigenvalue weighted by Crippen LogP contribution is 2.30. The Morgan fingerprint density at radius 2 is 1.86 bits per heavy atom. The summed E-state index contributed by atoms with van der Waals surface area (Å²) in [6.07, 6.45) is -2.01.